The lowest BCUT2D eigenvalue weighted by molar-refractivity contribution is 0.308. The predicted molar refractivity (Wildman–Crippen MR) is 58.6 cm³/mol. The second-order valence-corrected chi connectivity index (χ2v) is 4.18. The van der Waals surface area contributed by atoms with Crippen LogP contribution >= 0.6 is 0 Å². The topological polar surface area (TPSA) is 63.3 Å². The molecule has 2 heterocycles. The molecule has 5 heteroatoms. The Morgan fingerprint density at radius 3 is 2.87 bits per heavy atom. The van der Waals surface area contributed by atoms with Crippen molar-refractivity contribution in [3.63, 3.8) is 0 Å². The maximum absolute atomic E-state index is 4.68. The normalized spacial score (nSPS) is 25.1. The van der Waals surface area contributed by atoms with Gasteiger partial charge in [-0.25, -0.2) is 9.62 Å². The number of aliphatic imine (C=N–C) groups is 1. The van der Waals surface area contributed by atoms with Crippen molar-refractivity contribution in [2.75, 3.05) is 5.32 Å². The Morgan fingerprint density at radius 1 is 1.40 bits per heavy atom. The van der Waals surface area contributed by atoms with E-state index in [4.69, 9.17) is 0 Å². The standard InChI is InChI=1S/C10H16N4O/c1-4-7-6-10(3,5-2)12-9-8(11-7)13-15-14-9/h4-6H2,1-3H3,(H,12,14). The second-order valence-electron chi connectivity index (χ2n) is 4.18. The van der Waals surface area contributed by atoms with E-state index in [2.05, 4.69) is 46.0 Å². The van der Waals surface area contributed by atoms with E-state index in [9.17, 15) is 0 Å². The van der Waals surface area contributed by atoms with Gasteiger partial charge in [-0.3, -0.25) is 0 Å². The van der Waals surface area contributed by atoms with Crippen LogP contribution in [0.3, 0.4) is 0 Å². The van der Waals surface area contributed by atoms with Gasteiger partial charge in [0.25, 0.3) is 0 Å². The Morgan fingerprint density at radius 2 is 2.20 bits per heavy atom. The first-order valence-electron chi connectivity index (χ1n) is 5.34. The smallest absolute Gasteiger partial charge is 0.240 e. The molecule has 2 rings (SSSR count). The largest absolute Gasteiger partial charge is 0.358 e. The zero-order valence-corrected chi connectivity index (χ0v) is 9.37. The Hall–Kier alpha value is -1.39. The van der Waals surface area contributed by atoms with Crippen LogP contribution in [0.1, 0.15) is 40.0 Å². The van der Waals surface area contributed by atoms with E-state index in [0.29, 0.717) is 11.6 Å². The highest BCUT2D eigenvalue weighted by atomic mass is 16.6. The van der Waals surface area contributed by atoms with Crippen molar-refractivity contribution in [2.45, 2.75) is 45.6 Å². The van der Waals surface area contributed by atoms with Crippen LogP contribution in [0, 0.1) is 0 Å². The Labute approximate surface area is 88.9 Å². The fourth-order valence-electron chi connectivity index (χ4n) is 1.72. The van der Waals surface area contributed by atoms with E-state index in [1.165, 1.54) is 0 Å². The summed E-state index contributed by atoms with van der Waals surface area (Å²) in [6.07, 6.45) is 2.87. The molecule has 0 aromatic carbocycles. The summed E-state index contributed by atoms with van der Waals surface area (Å²) in [5.41, 5.74) is 1.14. The number of rotatable bonds is 2. The average Bonchev–Trinajstić information content (AvgIpc) is 2.59. The summed E-state index contributed by atoms with van der Waals surface area (Å²) in [6, 6.07) is 0. The molecule has 1 aliphatic heterocycles. The van der Waals surface area contributed by atoms with Gasteiger partial charge in [-0.15, -0.1) is 0 Å². The Balaban J connectivity index is 2.40. The van der Waals surface area contributed by atoms with Crippen LogP contribution in [0.4, 0.5) is 11.6 Å². The summed E-state index contributed by atoms with van der Waals surface area (Å²) in [5.74, 6) is 1.23. The summed E-state index contributed by atoms with van der Waals surface area (Å²) in [5, 5.41) is 11.0. The molecule has 1 aromatic rings. The number of aromatic nitrogens is 2. The van der Waals surface area contributed by atoms with Gasteiger partial charge in [0.1, 0.15) is 0 Å². The molecular formula is C10H16N4O. The average molecular weight is 208 g/mol. The van der Waals surface area contributed by atoms with Crippen molar-refractivity contribution in [3.05, 3.63) is 0 Å². The highest BCUT2D eigenvalue weighted by Gasteiger charge is 2.29. The summed E-state index contributed by atoms with van der Waals surface area (Å²) in [4.78, 5) is 4.45. The minimum absolute atomic E-state index is 0.00134. The zero-order valence-electron chi connectivity index (χ0n) is 9.37. The third kappa shape index (κ3) is 1.86. The number of nitrogens with zero attached hydrogens (tertiary/aromatic N) is 3. The van der Waals surface area contributed by atoms with E-state index in [1.54, 1.807) is 0 Å². The van der Waals surface area contributed by atoms with Gasteiger partial charge in [-0.1, -0.05) is 13.8 Å². The third-order valence-corrected chi connectivity index (χ3v) is 2.94. The van der Waals surface area contributed by atoms with E-state index >= 15 is 0 Å². The molecule has 0 radical (unpaired) electrons. The minimum Gasteiger partial charge on any atom is -0.358 e. The molecule has 0 saturated heterocycles. The summed E-state index contributed by atoms with van der Waals surface area (Å²) in [7, 11) is 0. The number of nitrogens with one attached hydrogen (secondary N) is 1. The van der Waals surface area contributed by atoms with Gasteiger partial charge in [0.15, 0.2) is 0 Å². The van der Waals surface area contributed by atoms with Crippen LogP contribution in [0.5, 0.6) is 0 Å². The molecule has 1 N–H and O–H groups in total. The van der Waals surface area contributed by atoms with Crippen molar-refractivity contribution >= 4 is 17.3 Å². The van der Waals surface area contributed by atoms with Crippen LogP contribution in [-0.2, 0) is 0 Å². The molecule has 1 aromatic heterocycles. The highest BCUT2D eigenvalue weighted by Crippen LogP contribution is 2.31. The maximum Gasteiger partial charge on any atom is 0.240 e. The number of anilines is 1. The molecule has 5 nitrogen and oxygen atoms in total. The van der Waals surface area contributed by atoms with Crippen LogP contribution in [0.15, 0.2) is 9.62 Å². The molecule has 1 unspecified atom stereocenters. The quantitative estimate of drug-likeness (QED) is 0.811. The van der Waals surface area contributed by atoms with E-state index in [0.717, 1.165) is 25.0 Å². The lowest BCUT2D eigenvalue weighted by Gasteiger charge is -2.28. The van der Waals surface area contributed by atoms with Gasteiger partial charge in [0.2, 0.25) is 11.6 Å². The first-order chi connectivity index (χ1) is 7.17. The first-order valence-corrected chi connectivity index (χ1v) is 5.34. The zero-order chi connectivity index (χ0) is 10.9. The van der Waals surface area contributed by atoms with Crippen molar-refractivity contribution in [1.29, 1.82) is 0 Å². The molecule has 1 aliphatic rings. The van der Waals surface area contributed by atoms with Gasteiger partial charge in [0, 0.05) is 17.7 Å². The fourth-order valence-corrected chi connectivity index (χ4v) is 1.72. The van der Waals surface area contributed by atoms with E-state index in [1.807, 2.05) is 0 Å². The Bertz CT molecular complexity index is 385. The highest BCUT2D eigenvalue weighted by molar-refractivity contribution is 5.89. The summed E-state index contributed by atoms with van der Waals surface area (Å²) < 4.78 is 4.68. The maximum atomic E-state index is 4.68. The number of hydrogen-bond acceptors (Lipinski definition) is 5. The van der Waals surface area contributed by atoms with Gasteiger partial charge >= 0.3 is 0 Å². The summed E-state index contributed by atoms with van der Waals surface area (Å²) in [6.45, 7) is 6.42. The predicted octanol–water partition coefficient (Wildman–Crippen LogP) is 2.54. The molecule has 0 fully saturated rings. The fraction of sp³-hybridized carbons (Fsp3) is 0.700. The van der Waals surface area contributed by atoms with Crippen LogP contribution in [-0.4, -0.2) is 21.6 Å². The molecule has 15 heavy (non-hydrogen) atoms. The van der Waals surface area contributed by atoms with Crippen molar-refractivity contribution in [3.8, 4) is 0 Å². The SMILES string of the molecule is CCC1=Nc2nonc2NC(C)(CC)C1. The molecule has 0 bridgehead atoms. The molecule has 82 valence electrons. The van der Waals surface area contributed by atoms with E-state index in [-0.39, 0.29) is 5.54 Å². The van der Waals surface area contributed by atoms with Crippen LogP contribution in [0.25, 0.3) is 0 Å². The molecule has 0 amide bonds. The van der Waals surface area contributed by atoms with Crippen molar-refractivity contribution < 1.29 is 4.63 Å². The van der Waals surface area contributed by atoms with Crippen molar-refractivity contribution in [2.24, 2.45) is 4.99 Å². The Kier molecular flexibility index (Phi) is 2.46. The molecule has 0 spiro atoms. The summed E-state index contributed by atoms with van der Waals surface area (Å²) >= 11 is 0. The third-order valence-electron chi connectivity index (χ3n) is 2.94. The monoisotopic (exact) mass is 208 g/mol. The van der Waals surface area contributed by atoms with Crippen LogP contribution in [0.2, 0.25) is 0 Å². The molecule has 1 atom stereocenters. The first kappa shape index (κ1) is 10.1. The molecule has 0 aliphatic carbocycles. The molecular weight excluding hydrogens is 192 g/mol. The lowest BCUT2D eigenvalue weighted by Crippen LogP contribution is -2.35. The van der Waals surface area contributed by atoms with Gasteiger partial charge in [0.05, 0.1) is 0 Å². The van der Waals surface area contributed by atoms with Gasteiger partial charge in [-0.2, -0.15) is 0 Å². The minimum atomic E-state index is -0.00134. The van der Waals surface area contributed by atoms with Crippen LogP contribution < -0.4 is 5.32 Å². The number of fused-ring (bicyclic) bond motifs is 1. The van der Waals surface area contributed by atoms with Gasteiger partial charge in [-0.05, 0) is 30.1 Å². The molecule has 0 saturated carbocycles. The number of hydrogen-bond donors (Lipinski definition) is 1. The van der Waals surface area contributed by atoms with E-state index < -0.39 is 0 Å². The lowest BCUT2D eigenvalue weighted by atomic mass is 9.91. The van der Waals surface area contributed by atoms with Gasteiger partial charge < -0.3 is 5.32 Å². The second kappa shape index (κ2) is 3.64. The van der Waals surface area contributed by atoms with Crippen molar-refractivity contribution in [1.82, 2.24) is 10.3 Å².